The third kappa shape index (κ3) is 5.56. The van der Waals surface area contributed by atoms with Crippen LogP contribution in [-0.2, 0) is 4.74 Å². The summed E-state index contributed by atoms with van der Waals surface area (Å²) in [6.07, 6.45) is 9.57. The maximum atomic E-state index is 13.3. The molecule has 2 aromatic rings. The summed E-state index contributed by atoms with van der Waals surface area (Å²) in [5, 5.41) is 0. The molecule has 2 aliphatic rings. The first-order valence-electron chi connectivity index (χ1n) is 11.8. The van der Waals surface area contributed by atoms with Crippen LogP contribution in [0.2, 0.25) is 0 Å². The van der Waals surface area contributed by atoms with Gasteiger partial charge >= 0.3 is 11.9 Å². The molecule has 2 aliphatic carbocycles. The predicted molar refractivity (Wildman–Crippen MR) is 120 cm³/mol. The second-order valence-electron chi connectivity index (χ2n) is 9.25. The van der Waals surface area contributed by atoms with E-state index in [1.54, 1.807) is 24.3 Å². The molecule has 0 N–H and O–H groups in total. The molecule has 4 atom stereocenters. The van der Waals surface area contributed by atoms with Crippen molar-refractivity contribution in [1.29, 1.82) is 0 Å². The number of hydrogen-bond acceptors (Lipinski definition) is 4. The molecule has 2 saturated carbocycles. The Morgan fingerprint density at radius 3 is 2.41 bits per heavy atom. The average Bonchev–Trinajstić information content (AvgIpc) is 2.80. The SMILES string of the molecule is CCCC1CCC2CC(OC(=O)c3ccc(OC(=O)c4cccc(F)c4)cc3)CCC2C1. The minimum Gasteiger partial charge on any atom is -0.459 e. The standard InChI is InChI=1S/C27H31FO4/c1-2-4-18-7-8-21-17-25(14-11-20(21)15-18)32-26(29)19-9-12-24(13-10-19)31-27(30)22-5-3-6-23(28)16-22/h3,5-6,9-10,12-13,16,18,20-21,25H,2,4,7-8,11,14-15,17H2,1H3. The van der Waals surface area contributed by atoms with Gasteiger partial charge in [-0.15, -0.1) is 0 Å². The Morgan fingerprint density at radius 1 is 0.906 bits per heavy atom. The summed E-state index contributed by atoms with van der Waals surface area (Å²) in [4.78, 5) is 24.8. The number of fused-ring (bicyclic) bond motifs is 1. The van der Waals surface area contributed by atoms with Gasteiger partial charge in [0.1, 0.15) is 17.7 Å². The largest absolute Gasteiger partial charge is 0.459 e. The van der Waals surface area contributed by atoms with Crippen molar-refractivity contribution >= 4 is 11.9 Å². The maximum absolute atomic E-state index is 13.3. The number of carbonyl (C=O) groups is 2. The second-order valence-corrected chi connectivity index (χ2v) is 9.25. The molecule has 0 aliphatic heterocycles. The van der Waals surface area contributed by atoms with Crippen LogP contribution in [0.15, 0.2) is 48.5 Å². The van der Waals surface area contributed by atoms with Crippen LogP contribution in [0.1, 0.15) is 79.0 Å². The van der Waals surface area contributed by atoms with Gasteiger partial charge in [0, 0.05) is 0 Å². The Bertz CT molecular complexity index is 939. The summed E-state index contributed by atoms with van der Waals surface area (Å²) in [5.41, 5.74) is 0.567. The van der Waals surface area contributed by atoms with Crippen LogP contribution in [0.5, 0.6) is 5.75 Å². The number of halogens is 1. The molecule has 4 unspecified atom stereocenters. The summed E-state index contributed by atoms with van der Waals surface area (Å²) in [6.45, 7) is 2.27. The van der Waals surface area contributed by atoms with Gasteiger partial charge in [-0.2, -0.15) is 0 Å². The van der Waals surface area contributed by atoms with Crippen LogP contribution in [0.4, 0.5) is 4.39 Å². The zero-order valence-electron chi connectivity index (χ0n) is 18.6. The zero-order chi connectivity index (χ0) is 22.5. The van der Waals surface area contributed by atoms with Gasteiger partial charge in [0.05, 0.1) is 11.1 Å². The number of hydrogen-bond donors (Lipinski definition) is 0. The summed E-state index contributed by atoms with van der Waals surface area (Å²) in [6, 6.07) is 11.6. The molecule has 4 nitrogen and oxygen atoms in total. The minimum atomic E-state index is -0.648. The highest BCUT2D eigenvalue weighted by molar-refractivity contribution is 5.92. The normalized spacial score (nSPS) is 24.9. The lowest BCUT2D eigenvalue weighted by atomic mass is 9.66. The fraction of sp³-hybridized carbons (Fsp3) is 0.481. The predicted octanol–water partition coefficient (Wildman–Crippen LogP) is 6.59. The van der Waals surface area contributed by atoms with E-state index >= 15 is 0 Å². The van der Waals surface area contributed by atoms with E-state index in [0.717, 1.165) is 37.2 Å². The Morgan fingerprint density at radius 2 is 1.66 bits per heavy atom. The monoisotopic (exact) mass is 438 g/mol. The second kappa shape index (κ2) is 10.3. The summed E-state index contributed by atoms with van der Waals surface area (Å²) < 4.78 is 24.4. The van der Waals surface area contributed by atoms with Crippen molar-refractivity contribution in [3.8, 4) is 5.75 Å². The number of carbonyl (C=O) groups excluding carboxylic acids is 2. The van der Waals surface area contributed by atoms with Gasteiger partial charge < -0.3 is 9.47 Å². The number of esters is 2. The Kier molecular flexibility index (Phi) is 7.23. The maximum Gasteiger partial charge on any atom is 0.343 e. The molecule has 0 aromatic heterocycles. The number of ether oxygens (including phenoxy) is 2. The van der Waals surface area contributed by atoms with Gasteiger partial charge in [-0.3, -0.25) is 0 Å². The lowest BCUT2D eigenvalue weighted by Gasteiger charge is -2.41. The molecular formula is C27H31FO4. The quantitative estimate of drug-likeness (QED) is 0.377. The van der Waals surface area contributed by atoms with Gasteiger partial charge in [0.2, 0.25) is 0 Å². The van der Waals surface area contributed by atoms with Crippen molar-refractivity contribution in [1.82, 2.24) is 0 Å². The van der Waals surface area contributed by atoms with Crippen LogP contribution in [0.3, 0.4) is 0 Å². The van der Waals surface area contributed by atoms with E-state index in [1.807, 2.05) is 0 Å². The lowest BCUT2D eigenvalue weighted by Crippen LogP contribution is -2.35. The third-order valence-corrected chi connectivity index (χ3v) is 7.01. The third-order valence-electron chi connectivity index (χ3n) is 7.01. The van der Waals surface area contributed by atoms with Gasteiger partial charge in [-0.25, -0.2) is 14.0 Å². The molecule has 2 aromatic carbocycles. The van der Waals surface area contributed by atoms with E-state index in [-0.39, 0.29) is 17.6 Å². The van der Waals surface area contributed by atoms with Crippen molar-refractivity contribution in [3.05, 3.63) is 65.5 Å². The van der Waals surface area contributed by atoms with Crippen LogP contribution in [-0.4, -0.2) is 18.0 Å². The average molecular weight is 439 g/mol. The highest BCUT2D eigenvalue weighted by atomic mass is 19.1. The first-order chi connectivity index (χ1) is 15.5. The summed E-state index contributed by atoms with van der Waals surface area (Å²) in [5.74, 6) is 1.16. The van der Waals surface area contributed by atoms with E-state index in [4.69, 9.17) is 9.47 Å². The molecule has 0 heterocycles. The van der Waals surface area contributed by atoms with Crippen molar-refractivity contribution in [3.63, 3.8) is 0 Å². The molecule has 5 heteroatoms. The van der Waals surface area contributed by atoms with Crippen molar-refractivity contribution in [2.24, 2.45) is 17.8 Å². The Hall–Kier alpha value is -2.69. The summed E-state index contributed by atoms with van der Waals surface area (Å²) in [7, 11) is 0. The number of rotatable bonds is 6. The Balaban J connectivity index is 1.28. The molecule has 0 amide bonds. The highest BCUT2D eigenvalue weighted by Gasteiger charge is 2.36. The Labute approximate surface area is 189 Å². The molecule has 0 radical (unpaired) electrons. The van der Waals surface area contributed by atoms with Gasteiger partial charge in [-0.05, 0) is 92.3 Å². The van der Waals surface area contributed by atoms with Crippen molar-refractivity contribution in [2.75, 3.05) is 0 Å². The van der Waals surface area contributed by atoms with Gasteiger partial charge in [-0.1, -0.05) is 32.3 Å². The van der Waals surface area contributed by atoms with Gasteiger partial charge in [0.15, 0.2) is 0 Å². The topological polar surface area (TPSA) is 52.6 Å². The summed E-state index contributed by atoms with van der Waals surface area (Å²) >= 11 is 0. The molecule has 2 fully saturated rings. The highest BCUT2D eigenvalue weighted by Crippen LogP contribution is 2.44. The van der Waals surface area contributed by atoms with Crippen LogP contribution in [0, 0.1) is 23.6 Å². The number of benzene rings is 2. The molecular weight excluding hydrogens is 407 g/mol. The molecule has 0 bridgehead atoms. The molecule has 0 spiro atoms. The molecule has 4 rings (SSSR count). The van der Waals surface area contributed by atoms with E-state index in [2.05, 4.69) is 6.92 Å². The van der Waals surface area contributed by atoms with E-state index in [9.17, 15) is 14.0 Å². The fourth-order valence-electron chi connectivity index (χ4n) is 5.38. The van der Waals surface area contributed by atoms with Crippen LogP contribution < -0.4 is 4.74 Å². The molecule has 170 valence electrons. The fourth-order valence-corrected chi connectivity index (χ4v) is 5.38. The van der Waals surface area contributed by atoms with Gasteiger partial charge in [0.25, 0.3) is 0 Å². The van der Waals surface area contributed by atoms with E-state index in [0.29, 0.717) is 17.2 Å². The van der Waals surface area contributed by atoms with Crippen molar-refractivity contribution in [2.45, 2.75) is 64.4 Å². The van der Waals surface area contributed by atoms with E-state index in [1.165, 1.54) is 50.3 Å². The smallest absolute Gasteiger partial charge is 0.343 e. The van der Waals surface area contributed by atoms with Crippen molar-refractivity contribution < 1.29 is 23.5 Å². The van der Waals surface area contributed by atoms with Crippen LogP contribution >= 0.6 is 0 Å². The molecule has 32 heavy (non-hydrogen) atoms. The zero-order valence-corrected chi connectivity index (χ0v) is 18.6. The van der Waals surface area contributed by atoms with E-state index < -0.39 is 11.8 Å². The minimum absolute atomic E-state index is 0.0167. The first-order valence-corrected chi connectivity index (χ1v) is 11.8. The molecule has 0 saturated heterocycles. The van der Waals surface area contributed by atoms with Crippen LogP contribution in [0.25, 0.3) is 0 Å². The first kappa shape index (κ1) is 22.5. The lowest BCUT2D eigenvalue weighted by molar-refractivity contribution is -0.00620.